The van der Waals surface area contributed by atoms with Crippen molar-refractivity contribution in [1.29, 1.82) is 0 Å². The minimum atomic E-state index is -0.762. The van der Waals surface area contributed by atoms with E-state index in [0.29, 0.717) is 24.5 Å². The Balaban J connectivity index is 1.55. The van der Waals surface area contributed by atoms with Crippen LogP contribution < -0.4 is 10.1 Å². The number of amides is 1. The fourth-order valence-electron chi connectivity index (χ4n) is 3.11. The number of carbonyl (C=O) groups is 1. The maximum Gasteiger partial charge on any atom is 0.251 e. The lowest BCUT2D eigenvalue weighted by Crippen LogP contribution is -2.44. The highest BCUT2D eigenvalue weighted by molar-refractivity contribution is 5.94. The van der Waals surface area contributed by atoms with Crippen molar-refractivity contribution < 1.29 is 14.6 Å². The monoisotopic (exact) mass is 340 g/mol. The summed E-state index contributed by atoms with van der Waals surface area (Å²) < 4.78 is 5.73. The zero-order valence-electron chi connectivity index (χ0n) is 14.3. The van der Waals surface area contributed by atoms with Gasteiger partial charge in [0, 0.05) is 30.1 Å². The first-order valence-electron chi connectivity index (χ1n) is 8.77. The van der Waals surface area contributed by atoms with E-state index in [4.69, 9.17) is 4.74 Å². The Morgan fingerprint density at radius 3 is 2.80 bits per heavy atom. The minimum Gasteiger partial charge on any atom is -0.489 e. The van der Waals surface area contributed by atoms with Gasteiger partial charge in [-0.1, -0.05) is 31.4 Å². The molecule has 0 saturated heterocycles. The van der Waals surface area contributed by atoms with Crippen molar-refractivity contribution in [3.63, 3.8) is 0 Å². The highest BCUT2D eigenvalue weighted by atomic mass is 16.5. The summed E-state index contributed by atoms with van der Waals surface area (Å²) in [6.45, 7) is 0.700. The van der Waals surface area contributed by atoms with Gasteiger partial charge in [0.1, 0.15) is 12.4 Å². The maximum atomic E-state index is 12.4. The Morgan fingerprint density at radius 2 is 2.04 bits per heavy atom. The van der Waals surface area contributed by atoms with Crippen molar-refractivity contribution in [3.8, 4) is 5.75 Å². The van der Waals surface area contributed by atoms with Crippen LogP contribution in [0.3, 0.4) is 0 Å². The Labute approximate surface area is 148 Å². The molecule has 1 aliphatic rings. The average Bonchev–Trinajstić information content (AvgIpc) is 2.66. The van der Waals surface area contributed by atoms with Crippen LogP contribution in [-0.4, -0.2) is 28.1 Å². The van der Waals surface area contributed by atoms with Gasteiger partial charge in [-0.15, -0.1) is 0 Å². The summed E-state index contributed by atoms with van der Waals surface area (Å²) in [5.41, 5.74) is 0.738. The first-order valence-corrected chi connectivity index (χ1v) is 8.77. The van der Waals surface area contributed by atoms with Crippen LogP contribution in [0.5, 0.6) is 5.75 Å². The molecule has 3 rings (SSSR count). The Bertz CT molecular complexity index is 697. The van der Waals surface area contributed by atoms with E-state index >= 15 is 0 Å². The van der Waals surface area contributed by atoms with Gasteiger partial charge >= 0.3 is 0 Å². The van der Waals surface area contributed by atoms with Gasteiger partial charge in [0.2, 0.25) is 0 Å². The largest absolute Gasteiger partial charge is 0.489 e. The number of aromatic nitrogens is 1. The SMILES string of the molecule is O=C(NCC1(O)CCCCC1)c1cccc(OCc2cccnc2)c1. The fraction of sp³-hybridized carbons (Fsp3) is 0.400. The third kappa shape index (κ3) is 5.03. The molecule has 0 spiro atoms. The zero-order valence-corrected chi connectivity index (χ0v) is 14.3. The van der Waals surface area contributed by atoms with Crippen molar-refractivity contribution >= 4 is 5.91 Å². The number of nitrogens with zero attached hydrogens (tertiary/aromatic N) is 1. The molecule has 2 N–H and O–H groups in total. The minimum absolute atomic E-state index is 0.189. The second-order valence-electron chi connectivity index (χ2n) is 6.65. The number of ether oxygens (including phenoxy) is 1. The number of carbonyl (C=O) groups excluding carboxylic acids is 1. The van der Waals surface area contributed by atoms with Gasteiger partial charge in [-0.25, -0.2) is 0 Å². The normalized spacial score (nSPS) is 16.2. The molecule has 1 aromatic carbocycles. The van der Waals surface area contributed by atoms with E-state index in [-0.39, 0.29) is 5.91 Å². The highest BCUT2D eigenvalue weighted by Gasteiger charge is 2.29. The van der Waals surface area contributed by atoms with Crippen molar-refractivity contribution in [3.05, 3.63) is 59.9 Å². The number of rotatable bonds is 6. The van der Waals surface area contributed by atoms with E-state index < -0.39 is 5.60 Å². The lowest BCUT2D eigenvalue weighted by atomic mass is 9.85. The van der Waals surface area contributed by atoms with Gasteiger partial charge in [-0.3, -0.25) is 9.78 Å². The highest BCUT2D eigenvalue weighted by Crippen LogP contribution is 2.27. The summed E-state index contributed by atoms with van der Waals surface area (Å²) in [7, 11) is 0. The molecular weight excluding hydrogens is 316 g/mol. The predicted octanol–water partition coefficient (Wildman–Crippen LogP) is 3.09. The first-order chi connectivity index (χ1) is 12.1. The molecule has 1 fully saturated rings. The summed E-state index contributed by atoms with van der Waals surface area (Å²) >= 11 is 0. The molecule has 0 radical (unpaired) electrons. The summed E-state index contributed by atoms with van der Waals surface area (Å²) in [4.78, 5) is 16.4. The molecule has 132 valence electrons. The van der Waals surface area contributed by atoms with Crippen LogP contribution in [0.15, 0.2) is 48.8 Å². The number of nitrogens with one attached hydrogen (secondary N) is 1. The maximum absolute atomic E-state index is 12.4. The molecule has 5 nitrogen and oxygen atoms in total. The van der Waals surface area contributed by atoms with E-state index in [1.807, 2.05) is 18.2 Å². The van der Waals surface area contributed by atoms with Gasteiger partial charge in [0.05, 0.1) is 5.60 Å². The van der Waals surface area contributed by atoms with Crippen LogP contribution >= 0.6 is 0 Å². The van der Waals surface area contributed by atoms with Crippen LogP contribution in [0.25, 0.3) is 0 Å². The van der Waals surface area contributed by atoms with Crippen LogP contribution in [-0.2, 0) is 6.61 Å². The van der Waals surface area contributed by atoms with E-state index in [1.54, 1.807) is 30.6 Å². The Morgan fingerprint density at radius 1 is 1.20 bits per heavy atom. The second-order valence-corrected chi connectivity index (χ2v) is 6.65. The quantitative estimate of drug-likeness (QED) is 0.848. The molecule has 0 aliphatic heterocycles. The molecule has 0 bridgehead atoms. The predicted molar refractivity (Wildman–Crippen MR) is 95.4 cm³/mol. The molecule has 1 aliphatic carbocycles. The molecule has 1 heterocycles. The van der Waals surface area contributed by atoms with Crippen molar-refractivity contribution in [2.45, 2.75) is 44.3 Å². The zero-order chi connectivity index (χ0) is 17.5. The number of aliphatic hydroxyl groups is 1. The molecule has 1 amide bonds. The van der Waals surface area contributed by atoms with Crippen LogP contribution in [0.4, 0.5) is 0 Å². The summed E-state index contributed by atoms with van der Waals surface area (Å²) in [5, 5.41) is 13.3. The smallest absolute Gasteiger partial charge is 0.251 e. The number of benzene rings is 1. The van der Waals surface area contributed by atoms with Crippen LogP contribution in [0.2, 0.25) is 0 Å². The lowest BCUT2D eigenvalue weighted by Gasteiger charge is -2.32. The molecule has 0 atom stereocenters. The van der Waals surface area contributed by atoms with Crippen molar-refractivity contribution in [1.82, 2.24) is 10.3 Å². The van der Waals surface area contributed by atoms with Gasteiger partial charge in [0.15, 0.2) is 0 Å². The Hall–Kier alpha value is -2.40. The van der Waals surface area contributed by atoms with Crippen LogP contribution in [0, 0.1) is 0 Å². The average molecular weight is 340 g/mol. The molecule has 5 heteroatoms. The lowest BCUT2D eigenvalue weighted by molar-refractivity contribution is 0.00525. The van der Waals surface area contributed by atoms with E-state index in [2.05, 4.69) is 10.3 Å². The van der Waals surface area contributed by atoms with E-state index in [9.17, 15) is 9.90 Å². The van der Waals surface area contributed by atoms with E-state index in [1.165, 1.54) is 0 Å². The number of hydrogen-bond acceptors (Lipinski definition) is 4. The molecule has 1 saturated carbocycles. The van der Waals surface area contributed by atoms with Crippen molar-refractivity contribution in [2.75, 3.05) is 6.54 Å². The van der Waals surface area contributed by atoms with Gasteiger partial charge in [-0.2, -0.15) is 0 Å². The third-order valence-electron chi connectivity index (χ3n) is 4.59. The second kappa shape index (κ2) is 8.12. The standard InChI is InChI=1S/C20H24N2O3/c23-19(22-15-20(24)9-2-1-3-10-20)17-7-4-8-18(12-17)25-14-16-6-5-11-21-13-16/h4-8,11-13,24H,1-3,9-10,14-15H2,(H,22,23). The summed E-state index contributed by atoms with van der Waals surface area (Å²) in [6.07, 6.45) is 8.17. The molecule has 25 heavy (non-hydrogen) atoms. The number of pyridine rings is 1. The molecule has 0 unspecified atom stereocenters. The van der Waals surface area contributed by atoms with Gasteiger partial charge < -0.3 is 15.2 Å². The molecule has 2 aromatic rings. The topological polar surface area (TPSA) is 71.5 Å². The van der Waals surface area contributed by atoms with Gasteiger partial charge in [-0.05, 0) is 37.1 Å². The Kier molecular flexibility index (Phi) is 5.66. The molecular formula is C20H24N2O3. The van der Waals surface area contributed by atoms with E-state index in [0.717, 1.165) is 37.7 Å². The van der Waals surface area contributed by atoms with Crippen LogP contribution in [0.1, 0.15) is 48.0 Å². The third-order valence-corrected chi connectivity index (χ3v) is 4.59. The van der Waals surface area contributed by atoms with Gasteiger partial charge in [0.25, 0.3) is 5.91 Å². The fourth-order valence-corrected chi connectivity index (χ4v) is 3.11. The first kappa shape index (κ1) is 17.4. The summed E-state index contributed by atoms with van der Waals surface area (Å²) in [5.74, 6) is 0.443. The number of hydrogen-bond donors (Lipinski definition) is 2. The van der Waals surface area contributed by atoms with Crippen molar-refractivity contribution in [2.24, 2.45) is 0 Å². The molecule has 1 aromatic heterocycles. The summed E-state index contributed by atoms with van der Waals surface area (Å²) in [6, 6.07) is 10.9.